The van der Waals surface area contributed by atoms with Crippen LogP contribution in [0.15, 0.2) is 0 Å². The molecule has 0 aromatic rings. The molecule has 70 valence electrons. The van der Waals surface area contributed by atoms with Crippen molar-refractivity contribution < 1.29 is 9.42 Å². The summed E-state index contributed by atoms with van der Waals surface area (Å²) < 4.78 is 5.22. The minimum absolute atomic E-state index is 0. The number of hydrogen-bond donors (Lipinski definition) is 2. The second kappa shape index (κ2) is 6.62. The summed E-state index contributed by atoms with van der Waals surface area (Å²) in [4.78, 5) is 9.14. The Morgan fingerprint density at radius 3 is 2.25 bits per heavy atom. The van der Waals surface area contributed by atoms with Crippen LogP contribution < -0.4 is 0 Å². The van der Waals surface area contributed by atoms with E-state index in [9.17, 15) is 0 Å². The standard InChI is InChI=1S/C6H13O2PS2.Ca.2H/c7-9(10,11)8-6-4-2-1-3-5-6;;;/h6H,1-5H2,(H2,7,10,11);;;. The molecule has 1 atom stereocenters. The van der Waals surface area contributed by atoms with Crippen LogP contribution >= 0.6 is 17.9 Å². The van der Waals surface area contributed by atoms with Crippen LogP contribution in [0, 0.1) is 0 Å². The van der Waals surface area contributed by atoms with Gasteiger partial charge in [-0.05, 0) is 24.6 Å². The second-order valence-electron chi connectivity index (χ2n) is 2.86. The van der Waals surface area contributed by atoms with Crippen molar-refractivity contribution in [1.82, 2.24) is 0 Å². The van der Waals surface area contributed by atoms with E-state index < -0.39 is 5.69 Å². The topological polar surface area (TPSA) is 29.5 Å². The zero-order chi connectivity index (χ0) is 8.32. The number of thiol groups is 1. The molecular weight excluding hydrogens is 239 g/mol. The van der Waals surface area contributed by atoms with E-state index in [1.54, 1.807) is 0 Å². The van der Waals surface area contributed by atoms with E-state index >= 15 is 0 Å². The van der Waals surface area contributed by atoms with Gasteiger partial charge in [0.15, 0.2) is 0 Å². The molecular formula is C6H15CaO2PS2. The molecule has 0 amide bonds. The van der Waals surface area contributed by atoms with E-state index in [-0.39, 0.29) is 43.8 Å². The fourth-order valence-corrected chi connectivity index (χ4v) is 2.73. The summed E-state index contributed by atoms with van der Waals surface area (Å²) in [5, 5.41) is 0. The third kappa shape index (κ3) is 6.61. The predicted octanol–water partition coefficient (Wildman–Crippen LogP) is 1.57. The van der Waals surface area contributed by atoms with Gasteiger partial charge in [-0.25, -0.2) is 0 Å². The molecule has 6 heteroatoms. The summed E-state index contributed by atoms with van der Waals surface area (Å²) in [5.41, 5.74) is -2.71. The van der Waals surface area contributed by atoms with Gasteiger partial charge in [0.2, 0.25) is 5.69 Å². The molecule has 0 aromatic heterocycles. The van der Waals surface area contributed by atoms with E-state index in [4.69, 9.17) is 9.42 Å². The van der Waals surface area contributed by atoms with Gasteiger partial charge < -0.3 is 9.42 Å². The fraction of sp³-hybridized carbons (Fsp3) is 1.00. The molecule has 0 spiro atoms. The fourth-order valence-electron chi connectivity index (χ4n) is 1.36. The Morgan fingerprint density at radius 2 is 1.83 bits per heavy atom. The monoisotopic (exact) mass is 254 g/mol. The quantitative estimate of drug-likeness (QED) is 0.445. The molecule has 1 aliphatic carbocycles. The van der Waals surface area contributed by atoms with Crippen LogP contribution in [0.4, 0.5) is 0 Å². The van der Waals surface area contributed by atoms with Crippen LogP contribution in [0.3, 0.4) is 0 Å². The van der Waals surface area contributed by atoms with Gasteiger partial charge in [-0.15, -0.1) is 0 Å². The number of rotatable bonds is 2. The summed E-state index contributed by atoms with van der Waals surface area (Å²) in [6.07, 6.45) is 5.87. The van der Waals surface area contributed by atoms with Crippen LogP contribution in [0.5, 0.6) is 0 Å². The van der Waals surface area contributed by atoms with E-state index in [0.717, 1.165) is 12.8 Å². The molecule has 0 bridgehead atoms. The van der Waals surface area contributed by atoms with Gasteiger partial charge in [0.1, 0.15) is 0 Å². The zero-order valence-electron chi connectivity index (χ0n) is 6.27. The first-order valence-corrected chi connectivity index (χ1v) is 7.64. The first-order chi connectivity index (χ1) is 5.08. The van der Waals surface area contributed by atoms with Crippen LogP contribution in [0.25, 0.3) is 0 Å². The van der Waals surface area contributed by atoms with Crippen molar-refractivity contribution in [3.8, 4) is 0 Å². The third-order valence-corrected chi connectivity index (χ3v) is 2.95. The van der Waals surface area contributed by atoms with Crippen molar-refractivity contribution in [3.05, 3.63) is 0 Å². The van der Waals surface area contributed by atoms with Crippen molar-refractivity contribution in [2.45, 2.75) is 38.2 Å². The van der Waals surface area contributed by atoms with E-state index in [2.05, 4.69) is 24.1 Å². The van der Waals surface area contributed by atoms with Crippen molar-refractivity contribution >= 4 is 67.5 Å². The molecule has 1 fully saturated rings. The van der Waals surface area contributed by atoms with Crippen molar-refractivity contribution in [2.75, 3.05) is 0 Å². The summed E-state index contributed by atoms with van der Waals surface area (Å²) in [6, 6.07) is 0. The Bertz CT molecular complexity index is 167. The van der Waals surface area contributed by atoms with Crippen molar-refractivity contribution in [1.29, 1.82) is 0 Å². The van der Waals surface area contributed by atoms with Crippen molar-refractivity contribution in [2.24, 2.45) is 0 Å². The van der Waals surface area contributed by atoms with Gasteiger partial charge in [-0.1, -0.05) is 31.5 Å². The first kappa shape index (κ1) is 14.2. The summed E-state index contributed by atoms with van der Waals surface area (Å²) in [5.74, 6) is 0. The summed E-state index contributed by atoms with van der Waals surface area (Å²) in [7, 11) is 0. The predicted molar refractivity (Wildman–Crippen MR) is 62.0 cm³/mol. The molecule has 1 saturated carbocycles. The van der Waals surface area contributed by atoms with Crippen LogP contribution in [-0.2, 0) is 16.3 Å². The molecule has 1 rings (SSSR count). The molecule has 0 aliphatic heterocycles. The average Bonchev–Trinajstić information content (AvgIpc) is 1.85. The van der Waals surface area contributed by atoms with E-state index in [1.165, 1.54) is 19.3 Å². The van der Waals surface area contributed by atoms with Gasteiger partial charge in [0, 0.05) is 0 Å². The van der Waals surface area contributed by atoms with Crippen LogP contribution in [0.2, 0.25) is 0 Å². The van der Waals surface area contributed by atoms with Crippen LogP contribution in [0.1, 0.15) is 32.1 Å². The average molecular weight is 254 g/mol. The zero-order valence-corrected chi connectivity index (χ0v) is 8.88. The SMILES string of the molecule is OP(=S)(S)OC1CCCCC1.[CaH2]. The van der Waals surface area contributed by atoms with Gasteiger partial charge in [-0.2, -0.15) is 0 Å². The second-order valence-corrected chi connectivity index (χ2v) is 7.97. The Kier molecular flexibility index (Phi) is 7.83. The van der Waals surface area contributed by atoms with Gasteiger partial charge in [-0.3, -0.25) is 0 Å². The van der Waals surface area contributed by atoms with Gasteiger partial charge in [0.25, 0.3) is 0 Å². The molecule has 0 radical (unpaired) electrons. The number of hydrogen-bond acceptors (Lipinski definition) is 2. The Balaban J connectivity index is 0.00000121. The maximum absolute atomic E-state index is 9.14. The van der Waals surface area contributed by atoms with Crippen LogP contribution in [-0.4, -0.2) is 48.7 Å². The Labute approximate surface area is 114 Å². The van der Waals surface area contributed by atoms with E-state index in [1.807, 2.05) is 0 Å². The Morgan fingerprint density at radius 1 is 1.33 bits per heavy atom. The molecule has 0 saturated heterocycles. The normalized spacial score (nSPS) is 24.2. The van der Waals surface area contributed by atoms with Gasteiger partial charge >= 0.3 is 37.7 Å². The van der Waals surface area contributed by atoms with Crippen molar-refractivity contribution in [3.63, 3.8) is 0 Å². The molecule has 0 aromatic carbocycles. The molecule has 1 N–H and O–H groups in total. The first-order valence-electron chi connectivity index (χ1n) is 3.82. The Hall–Kier alpha value is 2.18. The molecule has 12 heavy (non-hydrogen) atoms. The summed E-state index contributed by atoms with van der Waals surface area (Å²) in [6.45, 7) is 0. The molecule has 0 heterocycles. The maximum atomic E-state index is 9.14. The van der Waals surface area contributed by atoms with Gasteiger partial charge in [0.05, 0.1) is 6.10 Å². The minimum atomic E-state index is -2.71. The summed E-state index contributed by atoms with van der Waals surface area (Å²) >= 11 is 8.50. The third-order valence-electron chi connectivity index (χ3n) is 1.84. The molecule has 2 nitrogen and oxygen atoms in total. The van der Waals surface area contributed by atoms with E-state index in [0.29, 0.717) is 0 Å². The molecule has 1 unspecified atom stereocenters. The molecule has 1 aliphatic rings.